The first kappa shape index (κ1) is 17.5. The Bertz CT molecular complexity index is 838. The average molecular weight is 359 g/mol. The van der Waals surface area contributed by atoms with E-state index in [0.29, 0.717) is 17.2 Å². The van der Waals surface area contributed by atoms with Crippen molar-refractivity contribution in [1.29, 1.82) is 0 Å². The van der Waals surface area contributed by atoms with E-state index in [1.165, 1.54) is 25.0 Å². The molecule has 0 aromatic heterocycles. The molecule has 0 spiro atoms. The number of ether oxygens (including phenoxy) is 1. The molecular weight excluding hydrogens is 338 g/mol. The molecule has 1 saturated carbocycles. The largest absolute Gasteiger partial charge is 0.493 e. The van der Waals surface area contributed by atoms with Crippen LogP contribution >= 0.6 is 0 Å². The summed E-state index contributed by atoms with van der Waals surface area (Å²) >= 11 is 0. The van der Waals surface area contributed by atoms with Gasteiger partial charge in [0.25, 0.3) is 5.91 Å². The van der Waals surface area contributed by atoms with Crippen LogP contribution in [0, 0.1) is 5.92 Å². The molecule has 1 amide bonds. The van der Waals surface area contributed by atoms with Gasteiger partial charge in [0, 0.05) is 11.3 Å². The Kier molecular flexibility index (Phi) is 5.08. The molecule has 1 fully saturated rings. The molecule has 1 aliphatic carbocycles. The Hall–Kier alpha value is -2.34. The van der Waals surface area contributed by atoms with E-state index < -0.39 is 9.84 Å². The molecule has 6 heteroatoms. The van der Waals surface area contributed by atoms with E-state index in [9.17, 15) is 13.2 Å². The number of amides is 1. The van der Waals surface area contributed by atoms with Gasteiger partial charge in [0.1, 0.15) is 5.75 Å². The quantitative estimate of drug-likeness (QED) is 0.821. The van der Waals surface area contributed by atoms with Crippen molar-refractivity contribution in [2.75, 3.05) is 17.7 Å². The molecule has 0 unspecified atom stereocenters. The molecule has 132 valence electrons. The van der Waals surface area contributed by atoms with Crippen LogP contribution in [0.25, 0.3) is 0 Å². The summed E-state index contributed by atoms with van der Waals surface area (Å²) in [6, 6.07) is 13.2. The first-order valence-electron chi connectivity index (χ1n) is 8.35. The van der Waals surface area contributed by atoms with Crippen LogP contribution in [-0.2, 0) is 9.84 Å². The normalized spacial score (nSPS) is 14.1. The van der Waals surface area contributed by atoms with E-state index in [0.717, 1.165) is 12.4 Å². The van der Waals surface area contributed by atoms with Gasteiger partial charge in [0.15, 0.2) is 9.84 Å². The highest BCUT2D eigenvalue weighted by molar-refractivity contribution is 7.91. The molecule has 0 bridgehead atoms. The fourth-order valence-corrected chi connectivity index (χ4v) is 3.20. The Morgan fingerprint density at radius 3 is 2.28 bits per heavy atom. The smallest absolute Gasteiger partial charge is 0.255 e. The summed E-state index contributed by atoms with van der Waals surface area (Å²) in [5, 5.41) is 2.76. The number of sulfone groups is 1. The summed E-state index contributed by atoms with van der Waals surface area (Å²) in [5.74, 6) is 1.24. The fraction of sp³-hybridized carbons (Fsp3) is 0.316. The van der Waals surface area contributed by atoms with Crippen LogP contribution in [0.15, 0.2) is 53.4 Å². The van der Waals surface area contributed by atoms with Gasteiger partial charge >= 0.3 is 0 Å². The number of nitrogens with one attached hydrogen (secondary N) is 1. The van der Waals surface area contributed by atoms with E-state index in [1.807, 2.05) is 0 Å². The van der Waals surface area contributed by atoms with E-state index >= 15 is 0 Å². The summed E-state index contributed by atoms with van der Waals surface area (Å²) in [4.78, 5) is 12.5. The number of anilines is 1. The predicted octanol–water partition coefficient (Wildman–Crippen LogP) is 3.52. The number of hydrogen-bond acceptors (Lipinski definition) is 4. The third-order valence-electron chi connectivity index (χ3n) is 4.15. The SMILES string of the molecule is CCS(=O)(=O)c1ccc(NC(=O)c2ccc(OCC3CC3)cc2)cc1. The van der Waals surface area contributed by atoms with Gasteiger partial charge in [-0.25, -0.2) is 8.42 Å². The highest BCUT2D eigenvalue weighted by atomic mass is 32.2. The number of carbonyl (C=O) groups is 1. The second-order valence-electron chi connectivity index (χ2n) is 6.16. The number of benzene rings is 2. The Balaban J connectivity index is 1.61. The highest BCUT2D eigenvalue weighted by Crippen LogP contribution is 2.29. The van der Waals surface area contributed by atoms with Crippen molar-refractivity contribution < 1.29 is 17.9 Å². The predicted molar refractivity (Wildman–Crippen MR) is 96.8 cm³/mol. The zero-order valence-electron chi connectivity index (χ0n) is 14.1. The standard InChI is InChI=1S/C19H21NO4S/c1-2-25(22,23)18-11-7-16(8-12-18)20-19(21)15-5-9-17(10-6-15)24-13-14-3-4-14/h5-12,14H,2-4,13H2,1H3,(H,20,21). The van der Waals surface area contributed by atoms with E-state index in [1.54, 1.807) is 43.3 Å². The topological polar surface area (TPSA) is 72.5 Å². The van der Waals surface area contributed by atoms with Gasteiger partial charge in [0.05, 0.1) is 17.3 Å². The maximum Gasteiger partial charge on any atom is 0.255 e. The molecule has 0 saturated heterocycles. The van der Waals surface area contributed by atoms with E-state index in [4.69, 9.17) is 4.74 Å². The van der Waals surface area contributed by atoms with E-state index in [-0.39, 0.29) is 16.6 Å². The van der Waals surface area contributed by atoms with Gasteiger partial charge in [-0.3, -0.25) is 4.79 Å². The van der Waals surface area contributed by atoms with Crippen LogP contribution in [0.5, 0.6) is 5.75 Å². The maximum atomic E-state index is 12.3. The first-order valence-corrected chi connectivity index (χ1v) is 10.00. The molecular formula is C19H21NO4S. The van der Waals surface area contributed by atoms with Crippen molar-refractivity contribution >= 4 is 21.4 Å². The Morgan fingerprint density at radius 1 is 1.08 bits per heavy atom. The minimum absolute atomic E-state index is 0.0495. The third kappa shape index (κ3) is 4.60. The van der Waals surface area contributed by atoms with Crippen LogP contribution in [0.4, 0.5) is 5.69 Å². The van der Waals surface area contributed by atoms with Crippen molar-refractivity contribution in [1.82, 2.24) is 0 Å². The van der Waals surface area contributed by atoms with Crippen molar-refractivity contribution in [2.24, 2.45) is 5.92 Å². The van der Waals surface area contributed by atoms with Gasteiger partial charge in [0.2, 0.25) is 0 Å². The van der Waals surface area contributed by atoms with Crippen LogP contribution in [0.3, 0.4) is 0 Å². The van der Waals surface area contributed by atoms with Crippen LogP contribution in [0.1, 0.15) is 30.1 Å². The average Bonchev–Trinajstić information content (AvgIpc) is 3.45. The fourth-order valence-electron chi connectivity index (χ4n) is 2.32. The lowest BCUT2D eigenvalue weighted by Crippen LogP contribution is -2.12. The van der Waals surface area contributed by atoms with Crippen LogP contribution in [-0.4, -0.2) is 26.7 Å². The maximum absolute atomic E-state index is 12.3. The number of carbonyl (C=O) groups excluding carboxylic acids is 1. The van der Waals surface area contributed by atoms with Gasteiger partial charge in [-0.15, -0.1) is 0 Å². The van der Waals surface area contributed by atoms with Gasteiger partial charge in [-0.2, -0.15) is 0 Å². The van der Waals surface area contributed by atoms with Crippen molar-refractivity contribution in [2.45, 2.75) is 24.7 Å². The minimum atomic E-state index is -3.23. The molecule has 5 nitrogen and oxygen atoms in total. The summed E-state index contributed by atoms with van der Waals surface area (Å²) in [6.45, 7) is 2.33. The summed E-state index contributed by atoms with van der Waals surface area (Å²) in [7, 11) is -3.23. The van der Waals surface area contributed by atoms with E-state index in [2.05, 4.69) is 5.32 Å². The van der Waals surface area contributed by atoms with Crippen molar-refractivity contribution in [3.8, 4) is 5.75 Å². The van der Waals surface area contributed by atoms with Gasteiger partial charge in [-0.1, -0.05) is 6.92 Å². The number of hydrogen-bond donors (Lipinski definition) is 1. The molecule has 1 aliphatic rings. The number of rotatable bonds is 7. The first-order chi connectivity index (χ1) is 12.0. The molecule has 25 heavy (non-hydrogen) atoms. The van der Waals surface area contributed by atoms with Gasteiger partial charge in [-0.05, 0) is 67.3 Å². The zero-order chi connectivity index (χ0) is 17.9. The van der Waals surface area contributed by atoms with Crippen LogP contribution in [0.2, 0.25) is 0 Å². The lowest BCUT2D eigenvalue weighted by molar-refractivity contribution is 0.102. The molecule has 3 rings (SSSR count). The van der Waals surface area contributed by atoms with Crippen LogP contribution < -0.4 is 10.1 Å². The molecule has 0 aliphatic heterocycles. The second kappa shape index (κ2) is 7.27. The lowest BCUT2D eigenvalue weighted by atomic mass is 10.2. The summed E-state index contributed by atoms with van der Waals surface area (Å²) in [6.07, 6.45) is 2.47. The molecule has 0 heterocycles. The molecule has 0 atom stereocenters. The zero-order valence-corrected chi connectivity index (χ0v) is 14.9. The third-order valence-corrected chi connectivity index (χ3v) is 5.90. The minimum Gasteiger partial charge on any atom is -0.493 e. The molecule has 2 aromatic carbocycles. The molecule has 1 N–H and O–H groups in total. The Morgan fingerprint density at radius 2 is 1.72 bits per heavy atom. The summed E-state index contributed by atoms with van der Waals surface area (Å²) < 4.78 is 29.2. The highest BCUT2D eigenvalue weighted by Gasteiger charge is 2.21. The van der Waals surface area contributed by atoms with Crippen molar-refractivity contribution in [3.63, 3.8) is 0 Å². The molecule has 2 aromatic rings. The molecule has 0 radical (unpaired) electrons. The van der Waals surface area contributed by atoms with Gasteiger partial charge < -0.3 is 10.1 Å². The monoisotopic (exact) mass is 359 g/mol. The summed E-state index contributed by atoms with van der Waals surface area (Å²) in [5.41, 5.74) is 1.07. The second-order valence-corrected chi connectivity index (χ2v) is 8.44. The lowest BCUT2D eigenvalue weighted by Gasteiger charge is -2.08. The van der Waals surface area contributed by atoms with Crippen molar-refractivity contribution in [3.05, 3.63) is 54.1 Å². The Labute approximate surface area is 147 Å².